The Morgan fingerprint density at radius 1 is 1.12 bits per heavy atom. The van der Waals surface area contributed by atoms with Crippen molar-refractivity contribution in [1.29, 1.82) is 0 Å². The summed E-state index contributed by atoms with van der Waals surface area (Å²) in [5.74, 6) is -0.0851. The fourth-order valence-electron chi connectivity index (χ4n) is 2.88. The normalized spacial score (nSPS) is 10.7. The van der Waals surface area contributed by atoms with Crippen LogP contribution in [-0.4, -0.2) is 27.7 Å². The number of carbonyl (C=O) groups excluding carboxylic acids is 2. The van der Waals surface area contributed by atoms with Gasteiger partial charge in [-0.25, -0.2) is 0 Å². The maximum Gasteiger partial charge on any atom is 0.270 e. The average Bonchev–Trinajstić information content (AvgIpc) is 3.28. The van der Waals surface area contributed by atoms with Crippen molar-refractivity contribution in [1.82, 2.24) is 9.47 Å². The molecule has 2 heterocycles. The molecule has 1 aromatic carbocycles. The van der Waals surface area contributed by atoms with Gasteiger partial charge in [0, 0.05) is 30.2 Å². The van der Waals surface area contributed by atoms with Gasteiger partial charge in [0.05, 0.1) is 6.54 Å². The minimum atomic E-state index is -0.0515. The Labute approximate surface area is 157 Å². The van der Waals surface area contributed by atoms with Crippen molar-refractivity contribution in [2.24, 2.45) is 7.05 Å². The van der Waals surface area contributed by atoms with Crippen LogP contribution in [0.25, 0.3) is 0 Å². The summed E-state index contributed by atoms with van der Waals surface area (Å²) in [4.78, 5) is 27.8. The van der Waals surface area contributed by atoms with Crippen molar-refractivity contribution in [3.63, 3.8) is 0 Å². The SMILES string of the molecule is CC(=O)c1cc(C(=O)N(CCc2ccccc2)Cc2cccs2)n(C)c1. The van der Waals surface area contributed by atoms with Gasteiger partial charge in [0.2, 0.25) is 0 Å². The topological polar surface area (TPSA) is 42.3 Å². The number of hydrogen-bond acceptors (Lipinski definition) is 3. The number of nitrogens with zero attached hydrogens (tertiary/aromatic N) is 2. The minimum absolute atomic E-state index is 0.0336. The molecule has 0 unspecified atom stereocenters. The first-order valence-electron chi connectivity index (χ1n) is 8.57. The molecule has 2 aromatic heterocycles. The van der Waals surface area contributed by atoms with Crippen molar-refractivity contribution in [2.75, 3.05) is 6.54 Å². The Hall–Kier alpha value is -2.66. The van der Waals surface area contributed by atoms with E-state index >= 15 is 0 Å². The van der Waals surface area contributed by atoms with Crippen molar-refractivity contribution in [2.45, 2.75) is 19.9 Å². The van der Waals surface area contributed by atoms with Crippen LogP contribution in [0.3, 0.4) is 0 Å². The number of aryl methyl sites for hydroxylation is 1. The fourth-order valence-corrected chi connectivity index (χ4v) is 3.60. The lowest BCUT2D eigenvalue weighted by Gasteiger charge is -2.22. The fraction of sp³-hybridized carbons (Fsp3) is 0.238. The van der Waals surface area contributed by atoms with Crippen LogP contribution in [0.4, 0.5) is 0 Å². The maximum absolute atomic E-state index is 13.1. The molecule has 3 rings (SSSR count). The highest BCUT2D eigenvalue weighted by Crippen LogP contribution is 2.17. The smallest absolute Gasteiger partial charge is 0.270 e. The van der Waals surface area contributed by atoms with Crippen molar-refractivity contribution in [3.05, 3.63) is 81.8 Å². The summed E-state index contributed by atoms with van der Waals surface area (Å²) in [6, 6.07) is 15.9. The second-order valence-corrected chi connectivity index (χ2v) is 7.36. The van der Waals surface area contributed by atoms with Crippen LogP contribution in [0.15, 0.2) is 60.1 Å². The summed E-state index contributed by atoms with van der Waals surface area (Å²) < 4.78 is 1.74. The van der Waals surface area contributed by atoms with Gasteiger partial charge in [0.25, 0.3) is 5.91 Å². The Kier molecular flexibility index (Phi) is 5.68. The zero-order chi connectivity index (χ0) is 18.5. The molecule has 5 heteroatoms. The lowest BCUT2D eigenvalue weighted by molar-refractivity contribution is 0.0737. The van der Waals surface area contributed by atoms with E-state index in [1.54, 1.807) is 35.2 Å². The summed E-state index contributed by atoms with van der Waals surface area (Å²) >= 11 is 1.65. The molecule has 0 saturated heterocycles. The van der Waals surface area contributed by atoms with Crippen molar-refractivity contribution in [3.8, 4) is 0 Å². The van der Waals surface area contributed by atoms with Crippen molar-refractivity contribution < 1.29 is 9.59 Å². The third-order valence-electron chi connectivity index (χ3n) is 4.36. The lowest BCUT2D eigenvalue weighted by Crippen LogP contribution is -2.33. The molecular formula is C21H22N2O2S. The van der Waals surface area contributed by atoms with Gasteiger partial charge in [0.15, 0.2) is 5.78 Å². The predicted molar refractivity (Wildman–Crippen MR) is 105 cm³/mol. The Morgan fingerprint density at radius 3 is 2.50 bits per heavy atom. The quantitative estimate of drug-likeness (QED) is 0.589. The largest absolute Gasteiger partial charge is 0.346 e. The number of aromatic nitrogens is 1. The number of rotatable bonds is 7. The highest BCUT2D eigenvalue weighted by Gasteiger charge is 2.21. The summed E-state index contributed by atoms with van der Waals surface area (Å²) in [6.45, 7) is 2.72. The van der Waals surface area contributed by atoms with E-state index in [1.165, 1.54) is 12.5 Å². The van der Waals surface area contributed by atoms with E-state index in [0.29, 0.717) is 24.3 Å². The number of ketones is 1. The summed E-state index contributed by atoms with van der Waals surface area (Å²) in [6.07, 6.45) is 2.51. The highest BCUT2D eigenvalue weighted by molar-refractivity contribution is 7.09. The van der Waals surface area contributed by atoms with Crippen LogP contribution < -0.4 is 0 Å². The van der Waals surface area contributed by atoms with Gasteiger partial charge in [-0.2, -0.15) is 0 Å². The molecule has 3 aromatic rings. The van der Waals surface area contributed by atoms with Crippen LogP contribution in [0, 0.1) is 0 Å². The second kappa shape index (κ2) is 8.15. The standard InChI is InChI=1S/C21H22N2O2S/c1-16(24)18-13-20(22(2)14-18)21(25)23(15-19-9-6-12-26-19)11-10-17-7-4-3-5-8-17/h3-9,12-14H,10-11,15H2,1-2H3. The molecular weight excluding hydrogens is 344 g/mol. The molecule has 0 N–H and O–H groups in total. The number of benzene rings is 1. The summed E-state index contributed by atoms with van der Waals surface area (Å²) in [5, 5.41) is 2.02. The van der Waals surface area contributed by atoms with Crippen LogP contribution in [-0.2, 0) is 20.0 Å². The maximum atomic E-state index is 13.1. The first-order valence-corrected chi connectivity index (χ1v) is 9.45. The van der Waals surface area contributed by atoms with Gasteiger partial charge in [-0.15, -0.1) is 11.3 Å². The molecule has 0 aliphatic carbocycles. The second-order valence-electron chi connectivity index (χ2n) is 6.32. The van der Waals surface area contributed by atoms with E-state index < -0.39 is 0 Å². The van der Waals surface area contributed by atoms with Crippen LogP contribution in [0.1, 0.15) is 38.2 Å². The van der Waals surface area contributed by atoms with Gasteiger partial charge >= 0.3 is 0 Å². The Balaban J connectivity index is 1.81. The van der Waals surface area contributed by atoms with Gasteiger partial charge in [-0.05, 0) is 36.4 Å². The van der Waals surface area contributed by atoms with Crippen molar-refractivity contribution >= 4 is 23.0 Å². The van der Waals surface area contributed by atoms with E-state index in [0.717, 1.165) is 11.3 Å². The number of hydrogen-bond donors (Lipinski definition) is 0. The van der Waals surface area contributed by atoms with Gasteiger partial charge in [0.1, 0.15) is 5.69 Å². The van der Waals surface area contributed by atoms with E-state index in [9.17, 15) is 9.59 Å². The van der Waals surface area contributed by atoms with Crippen LogP contribution in [0.2, 0.25) is 0 Å². The first kappa shape index (κ1) is 18.1. The molecule has 4 nitrogen and oxygen atoms in total. The number of Topliss-reactive ketones (excluding diaryl/α,β-unsaturated/α-hetero) is 1. The van der Waals surface area contributed by atoms with E-state index in [-0.39, 0.29) is 11.7 Å². The molecule has 0 saturated carbocycles. The van der Waals surface area contributed by atoms with Gasteiger partial charge in [-0.3, -0.25) is 9.59 Å². The Bertz CT molecular complexity index is 882. The van der Waals surface area contributed by atoms with Gasteiger partial charge in [-0.1, -0.05) is 36.4 Å². The molecule has 0 fully saturated rings. The van der Waals surface area contributed by atoms with E-state index in [2.05, 4.69) is 12.1 Å². The number of thiophene rings is 1. The molecule has 0 aliphatic heterocycles. The third kappa shape index (κ3) is 4.29. The third-order valence-corrected chi connectivity index (χ3v) is 5.22. The molecule has 0 aliphatic rings. The highest BCUT2D eigenvalue weighted by atomic mass is 32.1. The predicted octanol–water partition coefficient (Wildman–Crippen LogP) is 4.17. The van der Waals surface area contributed by atoms with Gasteiger partial charge < -0.3 is 9.47 Å². The summed E-state index contributed by atoms with van der Waals surface area (Å²) in [5.41, 5.74) is 2.31. The molecule has 26 heavy (non-hydrogen) atoms. The molecule has 0 spiro atoms. The van der Waals surface area contributed by atoms with Crippen LogP contribution in [0.5, 0.6) is 0 Å². The monoisotopic (exact) mass is 366 g/mol. The zero-order valence-corrected chi connectivity index (χ0v) is 15.8. The van der Waals surface area contributed by atoms with E-state index in [4.69, 9.17) is 0 Å². The lowest BCUT2D eigenvalue weighted by atomic mass is 10.1. The zero-order valence-electron chi connectivity index (χ0n) is 15.0. The molecule has 0 bridgehead atoms. The first-order chi connectivity index (χ1) is 12.5. The molecule has 134 valence electrons. The average molecular weight is 366 g/mol. The minimum Gasteiger partial charge on any atom is -0.346 e. The van der Waals surface area contributed by atoms with Crippen LogP contribution >= 0.6 is 11.3 Å². The molecule has 1 amide bonds. The Morgan fingerprint density at radius 2 is 1.88 bits per heavy atom. The number of carbonyl (C=O) groups is 2. The number of amides is 1. The summed E-state index contributed by atoms with van der Waals surface area (Å²) in [7, 11) is 1.81. The molecule has 0 radical (unpaired) electrons. The van der Waals surface area contributed by atoms with E-state index in [1.807, 2.05) is 40.6 Å². The molecule has 0 atom stereocenters.